The predicted octanol–water partition coefficient (Wildman–Crippen LogP) is 4.47. The maximum atomic E-state index is 6.06. The molecule has 0 rings (SSSR count). The summed E-state index contributed by atoms with van der Waals surface area (Å²) in [5.41, 5.74) is 0.400. The van der Waals surface area contributed by atoms with Crippen molar-refractivity contribution in [3.63, 3.8) is 0 Å². The molecule has 0 spiro atoms. The van der Waals surface area contributed by atoms with Gasteiger partial charge in [-0.05, 0) is 24.2 Å². The molecule has 0 aromatic carbocycles. The molecule has 0 N–H and O–H groups in total. The van der Waals surface area contributed by atoms with Crippen LogP contribution in [0.25, 0.3) is 0 Å². The SMILES string of the molecule is CCCC(C)C(CC)(CC)CCl. The fourth-order valence-corrected chi connectivity index (χ4v) is 2.65. The summed E-state index contributed by atoms with van der Waals surface area (Å²) in [6.07, 6.45) is 5.02. The van der Waals surface area contributed by atoms with E-state index in [9.17, 15) is 0 Å². The summed E-state index contributed by atoms with van der Waals surface area (Å²) in [7, 11) is 0. The maximum absolute atomic E-state index is 6.06. The second kappa shape index (κ2) is 5.85. The van der Waals surface area contributed by atoms with Gasteiger partial charge >= 0.3 is 0 Å². The molecule has 0 aromatic rings. The van der Waals surface area contributed by atoms with Gasteiger partial charge in [-0.1, -0.05) is 40.5 Å². The van der Waals surface area contributed by atoms with Gasteiger partial charge in [0.1, 0.15) is 0 Å². The van der Waals surface area contributed by atoms with Gasteiger partial charge in [0.2, 0.25) is 0 Å². The molecule has 1 heteroatoms. The lowest BCUT2D eigenvalue weighted by atomic mass is 9.72. The number of hydrogen-bond donors (Lipinski definition) is 0. The molecule has 1 unspecified atom stereocenters. The van der Waals surface area contributed by atoms with Gasteiger partial charge in [0.15, 0.2) is 0 Å². The van der Waals surface area contributed by atoms with E-state index in [0.29, 0.717) is 5.41 Å². The van der Waals surface area contributed by atoms with Crippen LogP contribution >= 0.6 is 11.6 Å². The molecule has 12 heavy (non-hydrogen) atoms. The average Bonchev–Trinajstić information content (AvgIpc) is 2.09. The van der Waals surface area contributed by atoms with Crippen LogP contribution in [-0.4, -0.2) is 5.88 Å². The monoisotopic (exact) mass is 190 g/mol. The zero-order chi connectivity index (χ0) is 9.61. The topological polar surface area (TPSA) is 0 Å². The van der Waals surface area contributed by atoms with E-state index in [2.05, 4.69) is 27.7 Å². The smallest absolute Gasteiger partial charge is 0.0282 e. The van der Waals surface area contributed by atoms with Crippen molar-refractivity contribution in [1.29, 1.82) is 0 Å². The van der Waals surface area contributed by atoms with Gasteiger partial charge in [0, 0.05) is 5.88 Å². The molecule has 0 bridgehead atoms. The Hall–Kier alpha value is 0.290. The molecule has 0 aliphatic carbocycles. The first kappa shape index (κ1) is 12.3. The highest BCUT2D eigenvalue weighted by Gasteiger charge is 2.30. The standard InChI is InChI=1S/C11H23Cl/c1-5-8-10(4)11(6-2,7-3)9-12/h10H,5-9H2,1-4H3. The first-order valence-corrected chi connectivity index (χ1v) is 5.76. The van der Waals surface area contributed by atoms with Gasteiger partial charge in [0.25, 0.3) is 0 Å². The van der Waals surface area contributed by atoms with Crippen molar-refractivity contribution in [3.8, 4) is 0 Å². The van der Waals surface area contributed by atoms with Crippen LogP contribution in [0.4, 0.5) is 0 Å². The lowest BCUT2D eigenvalue weighted by Crippen LogP contribution is -2.29. The average molecular weight is 191 g/mol. The van der Waals surface area contributed by atoms with Crippen LogP contribution in [-0.2, 0) is 0 Å². The summed E-state index contributed by atoms with van der Waals surface area (Å²) < 4.78 is 0. The molecule has 74 valence electrons. The first-order chi connectivity index (χ1) is 5.66. The fraction of sp³-hybridized carbons (Fsp3) is 1.00. The molecule has 0 aliphatic rings. The minimum absolute atomic E-state index is 0.400. The Kier molecular flexibility index (Phi) is 6.00. The largest absolute Gasteiger partial charge is 0.126 e. The van der Waals surface area contributed by atoms with E-state index < -0.39 is 0 Å². The molecule has 1 atom stereocenters. The normalized spacial score (nSPS) is 14.8. The molecule has 0 fully saturated rings. The summed E-state index contributed by atoms with van der Waals surface area (Å²) in [6, 6.07) is 0. The molecule has 0 aliphatic heterocycles. The lowest BCUT2D eigenvalue weighted by molar-refractivity contribution is 0.177. The minimum atomic E-state index is 0.400. The van der Waals surface area contributed by atoms with Gasteiger partial charge in [-0.2, -0.15) is 0 Å². The quantitative estimate of drug-likeness (QED) is 0.543. The highest BCUT2D eigenvalue weighted by molar-refractivity contribution is 6.18. The molecule has 0 radical (unpaired) electrons. The van der Waals surface area contributed by atoms with Gasteiger partial charge < -0.3 is 0 Å². The van der Waals surface area contributed by atoms with Crippen molar-refractivity contribution in [1.82, 2.24) is 0 Å². The number of halogens is 1. The van der Waals surface area contributed by atoms with Crippen LogP contribution < -0.4 is 0 Å². The van der Waals surface area contributed by atoms with Crippen molar-refractivity contribution in [3.05, 3.63) is 0 Å². The minimum Gasteiger partial charge on any atom is -0.126 e. The fourth-order valence-electron chi connectivity index (χ4n) is 2.01. The third-order valence-corrected chi connectivity index (χ3v) is 3.97. The Balaban J connectivity index is 4.24. The van der Waals surface area contributed by atoms with E-state index in [4.69, 9.17) is 11.6 Å². The third kappa shape index (κ3) is 2.65. The number of rotatable bonds is 6. The molecule has 0 amide bonds. The Labute approximate surface area is 82.7 Å². The molecule has 0 saturated carbocycles. The van der Waals surface area contributed by atoms with Gasteiger partial charge in [0.05, 0.1) is 0 Å². The zero-order valence-corrected chi connectivity index (χ0v) is 9.75. The third-order valence-electron chi connectivity index (χ3n) is 3.44. The molecule has 0 nitrogen and oxygen atoms in total. The van der Waals surface area contributed by atoms with E-state index in [1.54, 1.807) is 0 Å². The summed E-state index contributed by atoms with van der Waals surface area (Å²) in [5, 5.41) is 0. The summed E-state index contributed by atoms with van der Waals surface area (Å²) in [5.74, 6) is 1.59. The highest BCUT2D eigenvalue weighted by Crippen LogP contribution is 2.38. The molecule has 0 aromatic heterocycles. The van der Waals surface area contributed by atoms with Crippen LogP contribution in [0, 0.1) is 11.3 Å². The molecular formula is C11H23Cl. The molecular weight excluding hydrogens is 168 g/mol. The Morgan fingerprint density at radius 2 is 1.67 bits per heavy atom. The Bertz CT molecular complexity index is 97.3. The van der Waals surface area contributed by atoms with Gasteiger partial charge in [-0.25, -0.2) is 0 Å². The number of alkyl halides is 1. The van der Waals surface area contributed by atoms with E-state index >= 15 is 0 Å². The predicted molar refractivity (Wildman–Crippen MR) is 57.8 cm³/mol. The van der Waals surface area contributed by atoms with Crippen molar-refractivity contribution < 1.29 is 0 Å². The van der Waals surface area contributed by atoms with Crippen molar-refractivity contribution in [2.45, 2.75) is 53.4 Å². The maximum Gasteiger partial charge on any atom is 0.0282 e. The van der Waals surface area contributed by atoms with E-state index in [1.165, 1.54) is 25.7 Å². The second-order valence-corrected chi connectivity index (χ2v) is 4.16. The van der Waals surface area contributed by atoms with E-state index in [-0.39, 0.29) is 0 Å². The number of hydrogen-bond acceptors (Lipinski definition) is 0. The van der Waals surface area contributed by atoms with Gasteiger partial charge in [-0.15, -0.1) is 11.6 Å². The first-order valence-electron chi connectivity index (χ1n) is 5.22. The van der Waals surface area contributed by atoms with Crippen molar-refractivity contribution in [2.24, 2.45) is 11.3 Å². The van der Waals surface area contributed by atoms with Crippen molar-refractivity contribution >= 4 is 11.6 Å². The summed E-state index contributed by atoms with van der Waals surface area (Å²) in [6.45, 7) is 9.12. The van der Waals surface area contributed by atoms with Crippen LogP contribution in [0.2, 0.25) is 0 Å². The van der Waals surface area contributed by atoms with Crippen LogP contribution in [0.1, 0.15) is 53.4 Å². The summed E-state index contributed by atoms with van der Waals surface area (Å²) in [4.78, 5) is 0. The van der Waals surface area contributed by atoms with Crippen LogP contribution in [0.5, 0.6) is 0 Å². The van der Waals surface area contributed by atoms with Crippen LogP contribution in [0.15, 0.2) is 0 Å². The highest BCUT2D eigenvalue weighted by atomic mass is 35.5. The van der Waals surface area contributed by atoms with E-state index in [1.807, 2.05) is 0 Å². The van der Waals surface area contributed by atoms with E-state index in [0.717, 1.165) is 11.8 Å². The summed E-state index contributed by atoms with van der Waals surface area (Å²) >= 11 is 6.06. The zero-order valence-electron chi connectivity index (χ0n) is 8.99. The van der Waals surface area contributed by atoms with Crippen molar-refractivity contribution in [2.75, 3.05) is 5.88 Å². The Morgan fingerprint density at radius 3 is 1.92 bits per heavy atom. The Morgan fingerprint density at radius 1 is 1.17 bits per heavy atom. The molecule has 0 heterocycles. The lowest BCUT2D eigenvalue weighted by Gasteiger charge is -2.36. The van der Waals surface area contributed by atoms with Crippen LogP contribution in [0.3, 0.4) is 0 Å². The molecule has 0 saturated heterocycles. The van der Waals surface area contributed by atoms with Gasteiger partial charge in [-0.3, -0.25) is 0 Å². The second-order valence-electron chi connectivity index (χ2n) is 3.89.